The minimum absolute atomic E-state index is 0.309. The van der Waals surface area contributed by atoms with Gasteiger partial charge in [0.15, 0.2) is 0 Å². The molecule has 144 valence electrons. The Morgan fingerprint density at radius 1 is 1.29 bits per heavy atom. The van der Waals surface area contributed by atoms with E-state index in [1.54, 1.807) is 12.4 Å². The highest BCUT2D eigenvalue weighted by molar-refractivity contribution is 5.97. The molecule has 2 amide bonds. The summed E-state index contributed by atoms with van der Waals surface area (Å²) < 4.78 is 5.03. The fourth-order valence-electron chi connectivity index (χ4n) is 2.98. The quantitative estimate of drug-likeness (QED) is 0.625. The standard InChI is InChI=1S/C18H20N8O2/c1-3-19-17(27)25-16-23-13-7-11(12-9-20-18(28-2)21-10-12)8-14(15(13)24-16)26-6-4-5-22-26/h5,7-10H,3-4,6H2,1-2H3,(H3,19,23,24,25,27). The number of anilines is 2. The average molecular weight is 380 g/mol. The lowest BCUT2D eigenvalue weighted by atomic mass is 10.1. The summed E-state index contributed by atoms with van der Waals surface area (Å²) in [6.45, 7) is 3.15. The number of urea groups is 1. The van der Waals surface area contributed by atoms with Gasteiger partial charge in [0.25, 0.3) is 0 Å². The summed E-state index contributed by atoms with van der Waals surface area (Å²) in [7, 11) is 1.53. The van der Waals surface area contributed by atoms with Crippen LogP contribution in [0.25, 0.3) is 22.2 Å². The number of rotatable bonds is 5. The lowest BCUT2D eigenvalue weighted by Gasteiger charge is -2.15. The molecule has 28 heavy (non-hydrogen) atoms. The van der Waals surface area contributed by atoms with Crippen LogP contribution in [0.3, 0.4) is 0 Å². The summed E-state index contributed by atoms with van der Waals surface area (Å²) in [6.07, 6.45) is 6.14. The van der Waals surface area contributed by atoms with E-state index in [9.17, 15) is 4.79 Å². The molecule has 0 aliphatic carbocycles. The number of imidazole rings is 1. The summed E-state index contributed by atoms with van der Waals surface area (Å²) >= 11 is 0. The molecule has 0 radical (unpaired) electrons. The third-order valence-corrected chi connectivity index (χ3v) is 4.25. The van der Waals surface area contributed by atoms with Crippen LogP contribution in [-0.4, -0.2) is 52.4 Å². The predicted molar refractivity (Wildman–Crippen MR) is 107 cm³/mol. The zero-order valence-corrected chi connectivity index (χ0v) is 15.6. The van der Waals surface area contributed by atoms with Crippen molar-refractivity contribution < 1.29 is 9.53 Å². The second kappa shape index (κ2) is 7.51. The highest BCUT2D eigenvalue weighted by Crippen LogP contribution is 2.33. The van der Waals surface area contributed by atoms with Gasteiger partial charge in [-0.15, -0.1) is 0 Å². The average Bonchev–Trinajstić information content (AvgIpc) is 3.37. The molecule has 2 aromatic heterocycles. The molecule has 3 N–H and O–H groups in total. The Kier molecular flexibility index (Phi) is 4.75. The van der Waals surface area contributed by atoms with Crippen LogP contribution >= 0.6 is 0 Å². The maximum atomic E-state index is 11.8. The van der Waals surface area contributed by atoms with Crippen molar-refractivity contribution in [1.82, 2.24) is 25.3 Å². The number of benzene rings is 1. The fraction of sp³-hybridized carbons (Fsp3) is 0.278. The third-order valence-electron chi connectivity index (χ3n) is 4.25. The Labute approximate surface area is 161 Å². The van der Waals surface area contributed by atoms with E-state index in [2.05, 4.69) is 35.7 Å². The fourth-order valence-corrected chi connectivity index (χ4v) is 2.98. The summed E-state index contributed by atoms with van der Waals surface area (Å²) in [4.78, 5) is 27.9. The van der Waals surface area contributed by atoms with E-state index in [4.69, 9.17) is 4.74 Å². The lowest BCUT2D eigenvalue weighted by Crippen LogP contribution is -2.28. The molecule has 0 unspecified atom stereocenters. The summed E-state index contributed by atoms with van der Waals surface area (Å²) in [5.74, 6) is 0.369. The topological polar surface area (TPSA) is 120 Å². The van der Waals surface area contributed by atoms with Crippen molar-refractivity contribution in [1.29, 1.82) is 0 Å². The number of carbonyl (C=O) groups is 1. The number of aromatic nitrogens is 4. The van der Waals surface area contributed by atoms with E-state index < -0.39 is 0 Å². The molecule has 3 aromatic rings. The van der Waals surface area contributed by atoms with E-state index in [1.807, 2.05) is 30.3 Å². The number of hydrogen-bond donors (Lipinski definition) is 3. The van der Waals surface area contributed by atoms with E-state index in [-0.39, 0.29) is 6.03 Å². The number of hydrazone groups is 1. The number of carbonyl (C=O) groups excluding carboxylic acids is 1. The van der Waals surface area contributed by atoms with Crippen LogP contribution in [0.2, 0.25) is 0 Å². The number of nitrogens with zero attached hydrogens (tertiary/aromatic N) is 5. The molecule has 10 heteroatoms. The van der Waals surface area contributed by atoms with Gasteiger partial charge in [-0.2, -0.15) is 5.10 Å². The Bertz CT molecular complexity index is 1030. The largest absolute Gasteiger partial charge is 0.467 e. The molecule has 0 saturated heterocycles. The summed E-state index contributed by atoms with van der Waals surface area (Å²) in [5, 5.41) is 11.7. The molecule has 0 bridgehead atoms. The minimum Gasteiger partial charge on any atom is -0.467 e. The third kappa shape index (κ3) is 3.43. The van der Waals surface area contributed by atoms with Gasteiger partial charge in [-0.05, 0) is 24.6 Å². The molecule has 4 rings (SSSR count). The number of nitrogens with one attached hydrogen (secondary N) is 3. The molecule has 3 heterocycles. The van der Waals surface area contributed by atoms with Crippen LogP contribution in [0.15, 0.2) is 29.6 Å². The molecule has 0 spiro atoms. The maximum Gasteiger partial charge on any atom is 0.321 e. The van der Waals surface area contributed by atoms with Gasteiger partial charge in [0.2, 0.25) is 5.95 Å². The monoisotopic (exact) mass is 380 g/mol. The van der Waals surface area contributed by atoms with Crippen LogP contribution in [0.4, 0.5) is 16.4 Å². The van der Waals surface area contributed by atoms with Crippen LogP contribution < -0.4 is 20.4 Å². The van der Waals surface area contributed by atoms with Gasteiger partial charge >= 0.3 is 12.0 Å². The number of aromatic amines is 1. The van der Waals surface area contributed by atoms with Crippen LogP contribution in [0, 0.1) is 0 Å². The normalized spacial score (nSPS) is 13.1. The van der Waals surface area contributed by atoms with Crippen molar-refractivity contribution in [2.75, 3.05) is 30.5 Å². The lowest BCUT2D eigenvalue weighted by molar-refractivity contribution is 0.252. The van der Waals surface area contributed by atoms with Crippen molar-refractivity contribution in [3.8, 4) is 17.1 Å². The number of H-pyrrole nitrogens is 1. The Balaban J connectivity index is 1.78. The van der Waals surface area contributed by atoms with Gasteiger partial charge in [0.1, 0.15) is 5.52 Å². The summed E-state index contributed by atoms with van der Waals surface area (Å²) in [5.41, 5.74) is 4.08. The Hall–Kier alpha value is -3.69. The molecule has 0 saturated carbocycles. The van der Waals surface area contributed by atoms with Gasteiger partial charge in [-0.25, -0.2) is 19.7 Å². The molecule has 1 aliphatic rings. The number of methoxy groups -OCH3 is 1. The van der Waals surface area contributed by atoms with Crippen LogP contribution in [0.5, 0.6) is 6.01 Å². The highest BCUT2D eigenvalue weighted by atomic mass is 16.5. The first-order valence-corrected chi connectivity index (χ1v) is 8.93. The van der Waals surface area contributed by atoms with Crippen molar-refractivity contribution in [2.24, 2.45) is 5.10 Å². The Morgan fingerprint density at radius 3 is 2.79 bits per heavy atom. The molecular weight excluding hydrogens is 360 g/mol. The maximum absolute atomic E-state index is 11.8. The van der Waals surface area contributed by atoms with Crippen LogP contribution in [-0.2, 0) is 0 Å². The first-order chi connectivity index (χ1) is 13.7. The zero-order chi connectivity index (χ0) is 19.5. The smallest absolute Gasteiger partial charge is 0.321 e. The second-order valence-electron chi connectivity index (χ2n) is 6.13. The SMILES string of the molecule is CCNC(=O)Nc1nc2c(N3CCC=N3)cc(-c3cnc(OC)nc3)cc2[nH]1. The van der Waals surface area contributed by atoms with E-state index in [0.717, 1.165) is 40.8 Å². The van der Waals surface area contributed by atoms with Gasteiger partial charge in [-0.3, -0.25) is 10.3 Å². The van der Waals surface area contributed by atoms with Gasteiger partial charge in [0.05, 0.1) is 18.3 Å². The van der Waals surface area contributed by atoms with Crippen molar-refractivity contribution in [3.05, 3.63) is 24.5 Å². The molecule has 1 aromatic carbocycles. The number of ether oxygens (including phenoxy) is 1. The van der Waals surface area contributed by atoms with Gasteiger partial charge in [-0.1, -0.05) is 0 Å². The first kappa shape index (κ1) is 17.7. The molecule has 0 fully saturated rings. The molecule has 1 aliphatic heterocycles. The van der Waals surface area contributed by atoms with Crippen molar-refractivity contribution in [2.45, 2.75) is 13.3 Å². The van der Waals surface area contributed by atoms with E-state index in [0.29, 0.717) is 18.5 Å². The minimum atomic E-state index is -0.314. The van der Waals surface area contributed by atoms with Crippen molar-refractivity contribution in [3.63, 3.8) is 0 Å². The molecule has 0 atom stereocenters. The predicted octanol–water partition coefficient (Wildman–Crippen LogP) is 2.37. The zero-order valence-electron chi connectivity index (χ0n) is 15.6. The van der Waals surface area contributed by atoms with Crippen LogP contribution in [0.1, 0.15) is 13.3 Å². The molecular formula is C18H20N8O2. The second-order valence-corrected chi connectivity index (χ2v) is 6.13. The van der Waals surface area contributed by atoms with Crippen molar-refractivity contribution >= 4 is 34.9 Å². The van der Waals surface area contributed by atoms with E-state index in [1.165, 1.54) is 7.11 Å². The molecule has 10 nitrogen and oxygen atoms in total. The highest BCUT2D eigenvalue weighted by Gasteiger charge is 2.18. The number of fused-ring (bicyclic) bond motifs is 1. The Morgan fingerprint density at radius 2 is 2.11 bits per heavy atom. The number of hydrogen-bond acceptors (Lipinski definition) is 7. The first-order valence-electron chi connectivity index (χ1n) is 8.93. The summed E-state index contributed by atoms with van der Waals surface area (Å²) in [6, 6.07) is 3.93. The van der Waals surface area contributed by atoms with E-state index >= 15 is 0 Å². The van der Waals surface area contributed by atoms with Gasteiger partial charge in [0, 0.05) is 43.7 Å². The van der Waals surface area contributed by atoms with Gasteiger partial charge < -0.3 is 15.0 Å². The number of amides is 2.